The minimum Gasteiger partial charge on any atom is -0.319 e. The number of nitrogens with two attached hydrogens (primary N) is 1. The maximum atomic E-state index is 6.25. The van der Waals surface area contributed by atoms with E-state index in [1.807, 2.05) is 0 Å². The molecular formula is C11H12BrNS2. The molecule has 0 fully saturated rings. The quantitative estimate of drug-likeness (QED) is 0.904. The zero-order valence-corrected chi connectivity index (χ0v) is 11.6. The van der Waals surface area contributed by atoms with Crippen molar-refractivity contribution >= 4 is 38.6 Å². The number of rotatable bonds is 3. The van der Waals surface area contributed by atoms with E-state index in [-0.39, 0.29) is 6.04 Å². The third-order valence-electron chi connectivity index (χ3n) is 2.34. The van der Waals surface area contributed by atoms with Crippen LogP contribution in [0.4, 0.5) is 0 Å². The fourth-order valence-electron chi connectivity index (χ4n) is 1.54. The van der Waals surface area contributed by atoms with E-state index in [1.165, 1.54) is 15.3 Å². The summed E-state index contributed by atoms with van der Waals surface area (Å²) in [5.74, 6) is 0. The Morgan fingerprint density at radius 2 is 2.20 bits per heavy atom. The minimum absolute atomic E-state index is 0.0382. The van der Waals surface area contributed by atoms with Crippen LogP contribution in [-0.4, -0.2) is 0 Å². The largest absolute Gasteiger partial charge is 0.319 e. The Morgan fingerprint density at radius 3 is 2.80 bits per heavy atom. The van der Waals surface area contributed by atoms with E-state index >= 15 is 0 Å². The first-order valence-electron chi connectivity index (χ1n) is 4.79. The molecule has 4 heteroatoms. The van der Waals surface area contributed by atoms with Crippen molar-refractivity contribution in [1.82, 2.24) is 0 Å². The van der Waals surface area contributed by atoms with Gasteiger partial charge in [-0.15, -0.1) is 22.7 Å². The molecule has 1 unspecified atom stereocenters. The molecule has 0 saturated carbocycles. The first kappa shape index (κ1) is 11.3. The Kier molecular flexibility index (Phi) is 3.61. The van der Waals surface area contributed by atoms with E-state index in [0.717, 1.165) is 10.2 Å². The number of hydrogen-bond donors (Lipinski definition) is 1. The summed E-state index contributed by atoms with van der Waals surface area (Å²) in [5, 5.41) is 2.12. The Bertz CT molecular complexity index is 447. The van der Waals surface area contributed by atoms with Gasteiger partial charge in [-0.1, -0.05) is 6.92 Å². The Balaban J connectivity index is 2.31. The van der Waals surface area contributed by atoms with E-state index < -0.39 is 0 Å². The molecule has 2 aromatic heterocycles. The van der Waals surface area contributed by atoms with Crippen molar-refractivity contribution in [2.45, 2.75) is 19.4 Å². The van der Waals surface area contributed by atoms with Gasteiger partial charge in [0.15, 0.2) is 0 Å². The fourth-order valence-corrected chi connectivity index (χ4v) is 4.06. The van der Waals surface area contributed by atoms with Crippen LogP contribution < -0.4 is 5.73 Å². The molecule has 2 N–H and O–H groups in total. The van der Waals surface area contributed by atoms with E-state index in [4.69, 9.17) is 5.73 Å². The van der Waals surface area contributed by atoms with Gasteiger partial charge in [-0.25, -0.2) is 0 Å². The summed E-state index contributed by atoms with van der Waals surface area (Å²) in [6.07, 6.45) is 1.05. The normalized spacial score (nSPS) is 13.0. The summed E-state index contributed by atoms with van der Waals surface area (Å²) in [5.41, 5.74) is 7.62. The first-order chi connectivity index (χ1) is 7.22. The van der Waals surface area contributed by atoms with Crippen molar-refractivity contribution in [2.24, 2.45) is 5.73 Å². The maximum Gasteiger partial charge on any atom is 0.0743 e. The molecule has 0 saturated heterocycles. The minimum atomic E-state index is 0.0382. The topological polar surface area (TPSA) is 26.0 Å². The van der Waals surface area contributed by atoms with Gasteiger partial charge in [0.25, 0.3) is 0 Å². The first-order valence-corrected chi connectivity index (χ1v) is 7.28. The smallest absolute Gasteiger partial charge is 0.0743 e. The predicted octanol–water partition coefficient (Wildman–Crippen LogP) is 4.18. The summed E-state index contributed by atoms with van der Waals surface area (Å²) in [6, 6.07) is 6.36. The van der Waals surface area contributed by atoms with E-state index in [0.29, 0.717) is 0 Å². The van der Waals surface area contributed by atoms with Gasteiger partial charge in [0, 0.05) is 9.75 Å². The molecule has 0 aromatic carbocycles. The molecule has 0 aliphatic heterocycles. The van der Waals surface area contributed by atoms with E-state index in [9.17, 15) is 0 Å². The van der Waals surface area contributed by atoms with Crippen LogP contribution in [0.25, 0.3) is 0 Å². The van der Waals surface area contributed by atoms with Crippen molar-refractivity contribution in [3.63, 3.8) is 0 Å². The average molecular weight is 302 g/mol. The van der Waals surface area contributed by atoms with Crippen LogP contribution in [0.1, 0.15) is 28.3 Å². The zero-order valence-electron chi connectivity index (χ0n) is 8.37. The molecule has 0 radical (unpaired) electrons. The van der Waals surface area contributed by atoms with Crippen molar-refractivity contribution in [2.75, 3.05) is 0 Å². The van der Waals surface area contributed by atoms with Gasteiger partial charge in [-0.05, 0) is 51.5 Å². The average Bonchev–Trinajstić information content (AvgIpc) is 2.84. The fraction of sp³-hybridized carbons (Fsp3) is 0.273. The monoisotopic (exact) mass is 301 g/mol. The number of hydrogen-bond acceptors (Lipinski definition) is 3. The standard InChI is InChI=1S/C11H12BrNS2/c1-2-7-5-6-14-11(7)10(13)8-3-4-9(12)15-8/h3-6,10H,2,13H2,1H3. The molecule has 2 rings (SSSR count). The van der Waals surface area contributed by atoms with Gasteiger partial charge in [-0.2, -0.15) is 0 Å². The van der Waals surface area contributed by atoms with E-state index in [1.54, 1.807) is 22.7 Å². The van der Waals surface area contributed by atoms with Crippen molar-refractivity contribution < 1.29 is 0 Å². The van der Waals surface area contributed by atoms with Crippen LogP contribution in [0.2, 0.25) is 0 Å². The van der Waals surface area contributed by atoms with Gasteiger partial charge >= 0.3 is 0 Å². The van der Waals surface area contributed by atoms with Gasteiger partial charge in [0.2, 0.25) is 0 Å². The lowest BCUT2D eigenvalue weighted by atomic mass is 10.1. The van der Waals surface area contributed by atoms with Crippen LogP contribution in [0.5, 0.6) is 0 Å². The lowest BCUT2D eigenvalue weighted by Crippen LogP contribution is -2.10. The molecule has 0 aliphatic rings. The highest BCUT2D eigenvalue weighted by atomic mass is 79.9. The van der Waals surface area contributed by atoms with Gasteiger partial charge in [0.1, 0.15) is 0 Å². The number of aryl methyl sites for hydroxylation is 1. The van der Waals surface area contributed by atoms with Crippen molar-refractivity contribution in [3.05, 3.63) is 42.7 Å². The third-order valence-corrected chi connectivity index (χ3v) is 5.09. The predicted molar refractivity (Wildman–Crippen MR) is 71.7 cm³/mol. The Morgan fingerprint density at radius 1 is 1.40 bits per heavy atom. The molecule has 80 valence electrons. The molecule has 0 spiro atoms. The van der Waals surface area contributed by atoms with Crippen LogP contribution in [0.15, 0.2) is 27.4 Å². The summed E-state index contributed by atoms with van der Waals surface area (Å²) < 4.78 is 1.14. The molecule has 0 bridgehead atoms. The Hall–Kier alpha value is -0.160. The highest BCUT2D eigenvalue weighted by molar-refractivity contribution is 9.11. The van der Waals surface area contributed by atoms with Crippen LogP contribution in [-0.2, 0) is 6.42 Å². The van der Waals surface area contributed by atoms with Gasteiger partial charge < -0.3 is 5.73 Å². The van der Waals surface area contributed by atoms with Crippen LogP contribution >= 0.6 is 38.6 Å². The lowest BCUT2D eigenvalue weighted by Gasteiger charge is -2.09. The molecule has 0 aliphatic carbocycles. The maximum absolute atomic E-state index is 6.25. The van der Waals surface area contributed by atoms with Crippen LogP contribution in [0, 0.1) is 0 Å². The molecule has 0 amide bonds. The Labute approximate surface area is 106 Å². The van der Waals surface area contributed by atoms with Crippen molar-refractivity contribution in [3.8, 4) is 0 Å². The SMILES string of the molecule is CCc1ccsc1C(N)c1ccc(Br)s1. The summed E-state index contributed by atoms with van der Waals surface area (Å²) in [7, 11) is 0. The molecule has 2 aromatic rings. The van der Waals surface area contributed by atoms with E-state index in [2.05, 4.69) is 46.4 Å². The summed E-state index contributed by atoms with van der Waals surface area (Å²) >= 11 is 6.93. The number of halogens is 1. The molecule has 1 atom stereocenters. The van der Waals surface area contributed by atoms with Crippen molar-refractivity contribution in [1.29, 1.82) is 0 Å². The molecule has 2 heterocycles. The molecule has 15 heavy (non-hydrogen) atoms. The zero-order chi connectivity index (χ0) is 10.8. The highest BCUT2D eigenvalue weighted by Gasteiger charge is 2.15. The summed E-state index contributed by atoms with van der Waals surface area (Å²) in [4.78, 5) is 2.52. The second kappa shape index (κ2) is 4.78. The van der Waals surface area contributed by atoms with Crippen LogP contribution in [0.3, 0.4) is 0 Å². The number of thiophene rings is 2. The second-order valence-electron chi connectivity index (χ2n) is 3.28. The van der Waals surface area contributed by atoms with Gasteiger partial charge in [-0.3, -0.25) is 0 Å². The highest BCUT2D eigenvalue weighted by Crippen LogP contribution is 2.33. The van der Waals surface area contributed by atoms with Gasteiger partial charge in [0.05, 0.1) is 9.83 Å². The summed E-state index contributed by atoms with van der Waals surface area (Å²) in [6.45, 7) is 2.17. The third kappa shape index (κ3) is 2.33. The lowest BCUT2D eigenvalue weighted by molar-refractivity contribution is 0.895. The second-order valence-corrected chi connectivity index (χ2v) is 6.73. The molecule has 1 nitrogen and oxygen atoms in total. The molecular weight excluding hydrogens is 290 g/mol.